The van der Waals surface area contributed by atoms with Crippen molar-refractivity contribution in [2.75, 3.05) is 26.2 Å². The summed E-state index contributed by atoms with van der Waals surface area (Å²) < 4.78 is 37.7. The van der Waals surface area contributed by atoms with Crippen LogP contribution >= 0.6 is 11.3 Å². The second-order valence-electron chi connectivity index (χ2n) is 7.45. The molecule has 2 N–H and O–H groups in total. The topological polar surface area (TPSA) is 118 Å². The number of likely N-dealkylation sites (tertiary alicyclic amines) is 1. The second kappa shape index (κ2) is 10.3. The summed E-state index contributed by atoms with van der Waals surface area (Å²) in [7, 11) is 0. The van der Waals surface area contributed by atoms with Gasteiger partial charge in [-0.25, -0.2) is 14.8 Å². The van der Waals surface area contributed by atoms with Crippen LogP contribution in [0.1, 0.15) is 21.2 Å². The highest BCUT2D eigenvalue weighted by molar-refractivity contribution is 7.09. The number of carbonyl (C=O) groups excluding carboxylic acids is 1. The van der Waals surface area contributed by atoms with Gasteiger partial charge in [0.2, 0.25) is 0 Å². The largest absolute Gasteiger partial charge is 0.490 e. The van der Waals surface area contributed by atoms with Crippen LogP contribution in [0.5, 0.6) is 0 Å². The zero-order valence-corrected chi connectivity index (χ0v) is 17.9. The zero-order valence-electron chi connectivity index (χ0n) is 17.1. The van der Waals surface area contributed by atoms with E-state index in [-0.39, 0.29) is 12.0 Å². The highest BCUT2D eigenvalue weighted by atomic mass is 32.1. The first kappa shape index (κ1) is 24.0. The molecule has 0 bridgehead atoms. The van der Waals surface area contributed by atoms with Gasteiger partial charge in [0.25, 0.3) is 5.91 Å². The maximum Gasteiger partial charge on any atom is 0.490 e. The number of aromatic nitrogens is 3. The van der Waals surface area contributed by atoms with Crippen LogP contribution in [-0.4, -0.2) is 75.4 Å². The molecule has 0 aromatic carbocycles. The number of rotatable bonds is 5. The molecule has 0 radical (unpaired) electrons. The third-order valence-electron chi connectivity index (χ3n) is 5.13. The number of fused-ring (bicyclic) bond motifs is 1. The quantitative estimate of drug-likeness (QED) is 0.675. The summed E-state index contributed by atoms with van der Waals surface area (Å²) in [6, 6.07) is 0. The molecule has 2 fully saturated rings. The molecular weight excluding hydrogens is 451 g/mol. The number of aryl methyl sites for hydroxylation is 1. The normalized spacial score (nSPS) is 22.7. The van der Waals surface area contributed by atoms with Gasteiger partial charge in [-0.15, -0.1) is 11.3 Å². The Morgan fingerprint density at radius 3 is 2.69 bits per heavy atom. The molecule has 2 aromatic rings. The average molecular weight is 473 g/mol. The van der Waals surface area contributed by atoms with E-state index in [2.05, 4.69) is 30.5 Å². The van der Waals surface area contributed by atoms with E-state index < -0.39 is 12.1 Å². The highest BCUT2D eigenvalue weighted by Crippen LogP contribution is 2.34. The average Bonchev–Trinajstić information content (AvgIpc) is 3.43. The van der Waals surface area contributed by atoms with Crippen LogP contribution in [0.2, 0.25) is 0 Å². The first-order chi connectivity index (χ1) is 15.1. The fraction of sp³-hybridized carbons (Fsp3) is 0.526. The molecule has 1 amide bonds. The Morgan fingerprint density at radius 1 is 1.34 bits per heavy atom. The summed E-state index contributed by atoms with van der Waals surface area (Å²) in [6.07, 6.45) is -0.253. The molecule has 9 nitrogen and oxygen atoms in total. The van der Waals surface area contributed by atoms with Crippen LogP contribution in [0.25, 0.3) is 0 Å². The lowest BCUT2D eigenvalue weighted by Gasteiger charge is -2.19. The molecule has 13 heteroatoms. The lowest BCUT2D eigenvalue weighted by Crippen LogP contribution is -2.34. The van der Waals surface area contributed by atoms with E-state index in [0.717, 1.165) is 30.3 Å². The molecule has 4 rings (SSSR count). The number of nitrogens with zero attached hydrogens (tertiary/aromatic N) is 4. The van der Waals surface area contributed by atoms with Crippen LogP contribution in [0.4, 0.5) is 13.2 Å². The lowest BCUT2D eigenvalue weighted by atomic mass is 9.93. The van der Waals surface area contributed by atoms with Gasteiger partial charge in [0.15, 0.2) is 0 Å². The van der Waals surface area contributed by atoms with Crippen molar-refractivity contribution in [1.29, 1.82) is 0 Å². The molecule has 0 spiro atoms. The number of carboxylic acids is 1. The van der Waals surface area contributed by atoms with E-state index in [1.807, 2.05) is 6.92 Å². The number of hydrogen-bond donors (Lipinski definition) is 2. The van der Waals surface area contributed by atoms with Gasteiger partial charge in [-0.05, 0) is 6.92 Å². The number of carboxylic acid groups (broad SMARTS) is 1. The van der Waals surface area contributed by atoms with Crippen molar-refractivity contribution in [2.24, 2.45) is 11.8 Å². The Hall–Kier alpha value is -2.64. The minimum absolute atomic E-state index is 0.177. The summed E-state index contributed by atoms with van der Waals surface area (Å²) in [5, 5.41) is 13.3. The summed E-state index contributed by atoms with van der Waals surface area (Å²) in [5.74, 6) is -2.13. The minimum atomic E-state index is -5.08. The predicted molar refractivity (Wildman–Crippen MR) is 107 cm³/mol. The van der Waals surface area contributed by atoms with E-state index in [0.29, 0.717) is 30.7 Å². The first-order valence-electron chi connectivity index (χ1n) is 9.72. The number of ether oxygens (including phenoxy) is 1. The number of amides is 1. The smallest absolute Gasteiger partial charge is 0.475 e. The Bertz CT molecular complexity index is 927. The minimum Gasteiger partial charge on any atom is -0.475 e. The van der Waals surface area contributed by atoms with Crippen molar-refractivity contribution in [2.45, 2.75) is 25.7 Å². The van der Waals surface area contributed by atoms with Crippen LogP contribution < -0.4 is 5.32 Å². The molecule has 2 aliphatic heterocycles. The maximum absolute atomic E-state index is 12.1. The molecule has 2 aromatic heterocycles. The monoisotopic (exact) mass is 473 g/mol. The molecule has 2 saturated heterocycles. The second-order valence-corrected chi connectivity index (χ2v) is 8.51. The molecule has 174 valence electrons. The zero-order chi connectivity index (χ0) is 23.3. The summed E-state index contributed by atoms with van der Waals surface area (Å²) in [4.78, 5) is 35.9. The maximum atomic E-state index is 12.1. The Morgan fingerprint density at radius 2 is 2.09 bits per heavy atom. The third kappa shape index (κ3) is 6.43. The number of nitrogens with one attached hydrogen (secondary N) is 1. The van der Waals surface area contributed by atoms with Gasteiger partial charge in [-0.1, -0.05) is 0 Å². The van der Waals surface area contributed by atoms with E-state index in [1.165, 1.54) is 12.4 Å². The Labute approximate surface area is 185 Å². The summed E-state index contributed by atoms with van der Waals surface area (Å²) in [6.45, 7) is 6.16. The van der Waals surface area contributed by atoms with Crippen LogP contribution in [-0.2, 0) is 16.1 Å². The van der Waals surface area contributed by atoms with Gasteiger partial charge in [-0.3, -0.25) is 14.7 Å². The molecule has 3 atom stereocenters. The number of halogens is 3. The van der Waals surface area contributed by atoms with E-state index in [1.54, 1.807) is 17.5 Å². The Kier molecular flexibility index (Phi) is 7.74. The lowest BCUT2D eigenvalue weighted by molar-refractivity contribution is -0.192. The predicted octanol–water partition coefficient (Wildman–Crippen LogP) is 1.75. The standard InChI is InChI=1S/C17H21N5O2S.C2HF3O2/c1-11-21-13(10-25-11)6-22-7-14-12(9-24-16(14)8-22)4-20-17(23)15-5-18-2-3-19-15;3-2(4,5)1(6)7/h2-3,5,10,12,14,16H,4,6-9H2,1H3,(H,20,23);(H,6,7)/t12-,14-,16-;/m1./s1. The molecule has 2 aliphatic rings. The molecule has 32 heavy (non-hydrogen) atoms. The van der Waals surface area contributed by atoms with Crippen LogP contribution in [0, 0.1) is 18.8 Å². The number of aliphatic carboxylic acids is 1. The SMILES string of the molecule is Cc1nc(CN2C[C@@H]3[C@H](CNC(=O)c4cnccn4)CO[C@@H]3C2)cs1.O=C(O)C(F)(F)F. The van der Waals surface area contributed by atoms with E-state index >= 15 is 0 Å². The van der Waals surface area contributed by atoms with Crippen molar-refractivity contribution in [3.05, 3.63) is 40.4 Å². The molecule has 4 heterocycles. The van der Waals surface area contributed by atoms with Crippen molar-refractivity contribution in [3.8, 4) is 0 Å². The molecule has 0 unspecified atom stereocenters. The van der Waals surface area contributed by atoms with Crippen molar-refractivity contribution in [3.63, 3.8) is 0 Å². The summed E-state index contributed by atoms with van der Waals surface area (Å²) in [5.41, 5.74) is 1.49. The fourth-order valence-corrected chi connectivity index (χ4v) is 4.26. The fourth-order valence-electron chi connectivity index (χ4n) is 3.66. The van der Waals surface area contributed by atoms with Crippen LogP contribution in [0.15, 0.2) is 24.0 Å². The first-order valence-corrected chi connectivity index (χ1v) is 10.6. The van der Waals surface area contributed by atoms with E-state index in [9.17, 15) is 18.0 Å². The van der Waals surface area contributed by atoms with Gasteiger partial charge in [0, 0.05) is 55.8 Å². The molecule has 0 saturated carbocycles. The number of hydrogen-bond acceptors (Lipinski definition) is 8. The van der Waals surface area contributed by atoms with Crippen molar-refractivity contribution < 1.29 is 32.6 Å². The number of thiazole rings is 1. The van der Waals surface area contributed by atoms with Gasteiger partial charge >= 0.3 is 12.1 Å². The van der Waals surface area contributed by atoms with Gasteiger partial charge < -0.3 is 15.2 Å². The Balaban J connectivity index is 0.000000360. The van der Waals surface area contributed by atoms with E-state index in [4.69, 9.17) is 14.6 Å². The van der Waals surface area contributed by atoms with Crippen molar-refractivity contribution >= 4 is 23.2 Å². The van der Waals surface area contributed by atoms with Crippen LogP contribution in [0.3, 0.4) is 0 Å². The highest BCUT2D eigenvalue weighted by Gasteiger charge is 2.43. The number of carbonyl (C=O) groups is 2. The van der Waals surface area contributed by atoms with Crippen molar-refractivity contribution in [1.82, 2.24) is 25.2 Å². The molecular formula is C19H22F3N5O4S. The number of alkyl halides is 3. The van der Waals surface area contributed by atoms with Gasteiger partial charge in [-0.2, -0.15) is 13.2 Å². The molecule has 0 aliphatic carbocycles. The van der Waals surface area contributed by atoms with Gasteiger partial charge in [0.05, 0.1) is 29.6 Å². The third-order valence-corrected chi connectivity index (χ3v) is 5.95. The summed E-state index contributed by atoms with van der Waals surface area (Å²) >= 11 is 1.69. The van der Waals surface area contributed by atoms with Gasteiger partial charge in [0.1, 0.15) is 5.69 Å².